The molecule has 110 valence electrons. The lowest BCUT2D eigenvalue weighted by atomic mass is 9.70. The minimum Gasteiger partial charge on any atom is -0.387 e. The lowest BCUT2D eigenvalue weighted by Crippen LogP contribution is -2.32. The Morgan fingerprint density at radius 2 is 2.24 bits per heavy atom. The summed E-state index contributed by atoms with van der Waals surface area (Å²) >= 11 is 1.77. The Kier molecular flexibility index (Phi) is 2.60. The molecule has 1 aliphatic heterocycles. The lowest BCUT2D eigenvalue weighted by Gasteiger charge is -2.34. The van der Waals surface area contributed by atoms with Crippen molar-refractivity contribution in [1.29, 1.82) is 5.26 Å². The van der Waals surface area contributed by atoms with Gasteiger partial charge in [0.2, 0.25) is 0 Å². The van der Waals surface area contributed by atoms with Crippen LogP contribution in [0.25, 0.3) is 5.57 Å². The average Bonchev–Trinajstić information content (AvgIpc) is 3.15. The Morgan fingerprint density at radius 3 is 2.86 bits per heavy atom. The van der Waals surface area contributed by atoms with Gasteiger partial charge in [-0.25, -0.2) is 4.98 Å². The first-order chi connectivity index (χ1) is 9.99. The molecular formula is C17H21N3S. The molecule has 1 saturated carbocycles. The molecule has 3 nitrogen and oxygen atoms in total. The van der Waals surface area contributed by atoms with E-state index in [0.717, 1.165) is 35.7 Å². The zero-order valence-corrected chi connectivity index (χ0v) is 13.7. The van der Waals surface area contributed by atoms with Crippen LogP contribution in [0.4, 0.5) is 0 Å². The predicted molar refractivity (Wildman–Crippen MR) is 85.0 cm³/mol. The van der Waals surface area contributed by atoms with Crippen LogP contribution < -0.4 is 5.32 Å². The van der Waals surface area contributed by atoms with Gasteiger partial charge in [-0.15, -0.1) is 11.3 Å². The minimum atomic E-state index is 0.191. The third kappa shape index (κ3) is 1.51. The molecule has 1 aromatic heterocycles. The van der Waals surface area contributed by atoms with E-state index < -0.39 is 0 Å². The van der Waals surface area contributed by atoms with Crippen molar-refractivity contribution in [2.75, 3.05) is 6.54 Å². The van der Waals surface area contributed by atoms with E-state index in [1.807, 2.05) is 0 Å². The molecule has 4 rings (SSSR count). The fourth-order valence-electron chi connectivity index (χ4n) is 4.50. The van der Waals surface area contributed by atoms with E-state index in [1.54, 1.807) is 11.3 Å². The molecule has 2 aliphatic carbocycles. The number of nitrogens with one attached hydrogen (secondary N) is 1. The van der Waals surface area contributed by atoms with Gasteiger partial charge in [0.15, 0.2) is 0 Å². The van der Waals surface area contributed by atoms with Gasteiger partial charge in [-0.2, -0.15) is 5.26 Å². The standard InChI is InChI=1S/C17H21N3S/c1-16(2)11-6-7-17(16,3)14-13(11)21-15(20-14)10(9-18)12-5-4-8-19-12/h11,19H,4-8H2,1-3H3. The number of rotatable bonds is 1. The molecular weight excluding hydrogens is 278 g/mol. The molecule has 0 spiro atoms. The first-order valence-corrected chi connectivity index (χ1v) is 8.69. The average molecular weight is 299 g/mol. The second kappa shape index (κ2) is 4.10. The van der Waals surface area contributed by atoms with Crippen LogP contribution in [0.1, 0.15) is 68.0 Å². The molecule has 0 radical (unpaired) electrons. The van der Waals surface area contributed by atoms with Gasteiger partial charge in [0.1, 0.15) is 16.6 Å². The normalized spacial score (nSPS) is 34.5. The van der Waals surface area contributed by atoms with Crippen LogP contribution in [-0.2, 0) is 5.41 Å². The Labute approximate surface area is 130 Å². The number of hydrogen-bond acceptors (Lipinski definition) is 4. The van der Waals surface area contributed by atoms with Gasteiger partial charge in [0.05, 0.1) is 5.69 Å². The van der Waals surface area contributed by atoms with E-state index in [2.05, 4.69) is 32.2 Å². The second-order valence-electron chi connectivity index (χ2n) is 7.37. The van der Waals surface area contributed by atoms with Crippen LogP contribution >= 0.6 is 11.3 Å². The molecule has 3 aliphatic rings. The molecule has 1 saturated heterocycles. The van der Waals surface area contributed by atoms with Crippen LogP contribution in [0.2, 0.25) is 0 Å². The van der Waals surface area contributed by atoms with E-state index in [-0.39, 0.29) is 5.41 Å². The van der Waals surface area contributed by atoms with Crippen LogP contribution in [0, 0.1) is 16.7 Å². The number of fused-ring (bicyclic) bond motifs is 5. The van der Waals surface area contributed by atoms with Crippen molar-refractivity contribution in [3.8, 4) is 6.07 Å². The number of nitriles is 1. The minimum absolute atomic E-state index is 0.191. The number of hydrogen-bond donors (Lipinski definition) is 1. The van der Waals surface area contributed by atoms with E-state index in [0.29, 0.717) is 11.3 Å². The van der Waals surface area contributed by atoms with E-state index in [4.69, 9.17) is 4.98 Å². The first-order valence-electron chi connectivity index (χ1n) is 7.88. The van der Waals surface area contributed by atoms with Crippen molar-refractivity contribution in [3.63, 3.8) is 0 Å². The Morgan fingerprint density at radius 1 is 1.43 bits per heavy atom. The van der Waals surface area contributed by atoms with Crippen molar-refractivity contribution in [2.24, 2.45) is 5.41 Å². The first kappa shape index (κ1) is 13.3. The maximum absolute atomic E-state index is 9.56. The number of thiazole rings is 1. The van der Waals surface area contributed by atoms with Crippen molar-refractivity contribution in [1.82, 2.24) is 10.3 Å². The Hall–Kier alpha value is -1.34. The molecule has 2 fully saturated rings. The van der Waals surface area contributed by atoms with Gasteiger partial charge in [0.25, 0.3) is 0 Å². The molecule has 2 bridgehead atoms. The topological polar surface area (TPSA) is 48.7 Å². The quantitative estimate of drug-likeness (QED) is 0.799. The van der Waals surface area contributed by atoms with Crippen molar-refractivity contribution >= 4 is 16.9 Å². The fourth-order valence-corrected chi connectivity index (χ4v) is 6.04. The van der Waals surface area contributed by atoms with Gasteiger partial charge in [-0.1, -0.05) is 20.8 Å². The van der Waals surface area contributed by atoms with Gasteiger partial charge >= 0.3 is 0 Å². The monoisotopic (exact) mass is 299 g/mol. The van der Waals surface area contributed by atoms with Crippen molar-refractivity contribution < 1.29 is 0 Å². The Bertz CT molecular complexity index is 683. The SMILES string of the molecule is CC12CCC(c3sc(C(C#N)=C4CCCN4)nc31)C2(C)C. The molecule has 2 atom stereocenters. The smallest absolute Gasteiger partial charge is 0.136 e. The summed E-state index contributed by atoms with van der Waals surface area (Å²) in [5.41, 5.74) is 3.67. The highest BCUT2D eigenvalue weighted by atomic mass is 32.1. The number of aromatic nitrogens is 1. The highest BCUT2D eigenvalue weighted by Gasteiger charge is 2.61. The summed E-state index contributed by atoms with van der Waals surface area (Å²) in [7, 11) is 0. The molecule has 1 aromatic rings. The zero-order chi connectivity index (χ0) is 14.8. The maximum Gasteiger partial charge on any atom is 0.136 e. The second-order valence-corrected chi connectivity index (χ2v) is 8.40. The third-order valence-electron chi connectivity index (χ3n) is 6.29. The molecule has 2 heterocycles. The molecule has 4 heteroatoms. The van der Waals surface area contributed by atoms with Gasteiger partial charge < -0.3 is 5.32 Å². The van der Waals surface area contributed by atoms with Crippen molar-refractivity contribution in [3.05, 3.63) is 21.3 Å². The van der Waals surface area contributed by atoms with Crippen LogP contribution in [-0.4, -0.2) is 11.5 Å². The molecule has 0 aromatic carbocycles. The van der Waals surface area contributed by atoms with Gasteiger partial charge in [0, 0.05) is 28.5 Å². The van der Waals surface area contributed by atoms with Crippen LogP contribution in [0.5, 0.6) is 0 Å². The summed E-state index contributed by atoms with van der Waals surface area (Å²) in [4.78, 5) is 6.41. The summed E-state index contributed by atoms with van der Waals surface area (Å²) in [6.07, 6.45) is 4.62. The fraction of sp³-hybridized carbons (Fsp3) is 0.647. The zero-order valence-electron chi connectivity index (χ0n) is 12.9. The third-order valence-corrected chi connectivity index (χ3v) is 7.47. The molecule has 21 heavy (non-hydrogen) atoms. The van der Waals surface area contributed by atoms with E-state index in [9.17, 15) is 5.26 Å². The van der Waals surface area contributed by atoms with Crippen LogP contribution in [0.15, 0.2) is 5.70 Å². The van der Waals surface area contributed by atoms with Crippen LogP contribution in [0.3, 0.4) is 0 Å². The summed E-state index contributed by atoms with van der Waals surface area (Å²) in [6.45, 7) is 8.14. The van der Waals surface area contributed by atoms with E-state index >= 15 is 0 Å². The van der Waals surface area contributed by atoms with Crippen molar-refractivity contribution in [2.45, 2.75) is 57.8 Å². The number of allylic oxidation sites excluding steroid dienone is 2. The highest BCUT2D eigenvalue weighted by molar-refractivity contribution is 7.13. The summed E-state index contributed by atoms with van der Waals surface area (Å²) in [5, 5.41) is 13.9. The van der Waals surface area contributed by atoms with Gasteiger partial charge in [-0.3, -0.25) is 0 Å². The number of nitrogens with zero attached hydrogens (tertiary/aromatic N) is 2. The summed E-state index contributed by atoms with van der Waals surface area (Å²) < 4.78 is 0. The molecule has 0 amide bonds. The Balaban J connectivity index is 1.83. The van der Waals surface area contributed by atoms with Gasteiger partial charge in [-0.05, 0) is 31.1 Å². The summed E-state index contributed by atoms with van der Waals surface area (Å²) in [6, 6.07) is 2.40. The predicted octanol–water partition coefficient (Wildman–Crippen LogP) is 3.94. The maximum atomic E-state index is 9.56. The summed E-state index contributed by atoms with van der Waals surface area (Å²) in [5.74, 6) is 0.630. The molecule has 2 unspecified atom stereocenters. The highest BCUT2D eigenvalue weighted by Crippen LogP contribution is 2.68. The lowest BCUT2D eigenvalue weighted by molar-refractivity contribution is 0.227. The largest absolute Gasteiger partial charge is 0.387 e. The molecule has 1 N–H and O–H groups in total. The van der Waals surface area contributed by atoms with E-state index in [1.165, 1.54) is 23.4 Å².